The van der Waals surface area contributed by atoms with E-state index in [9.17, 15) is 4.39 Å². The maximum absolute atomic E-state index is 13.4. The van der Waals surface area contributed by atoms with Crippen LogP contribution < -0.4 is 10.2 Å². The van der Waals surface area contributed by atoms with Gasteiger partial charge in [0.25, 0.3) is 0 Å². The number of benzene rings is 1. The molecule has 1 N–H and O–H groups in total. The van der Waals surface area contributed by atoms with Gasteiger partial charge in [0, 0.05) is 30.9 Å². The van der Waals surface area contributed by atoms with Gasteiger partial charge in [-0.3, -0.25) is 0 Å². The van der Waals surface area contributed by atoms with Crippen LogP contribution in [0.1, 0.15) is 33.3 Å². The van der Waals surface area contributed by atoms with E-state index in [1.165, 1.54) is 0 Å². The van der Waals surface area contributed by atoms with Crippen LogP contribution in [-0.2, 0) is 0 Å². The van der Waals surface area contributed by atoms with Crippen molar-refractivity contribution in [3.05, 3.63) is 29.6 Å². The fourth-order valence-electron chi connectivity index (χ4n) is 2.61. The minimum Gasteiger partial charge on any atom is -0.366 e. The molecule has 0 spiro atoms. The van der Waals surface area contributed by atoms with Gasteiger partial charge in [-0.1, -0.05) is 20.8 Å². The number of hydrogen-bond donors (Lipinski definition) is 1. The summed E-state index contributed by atoms with van der Waals surface area (Å²) >= 11 is 0. The van der Waals surface area contributed by atoms with Crippen molar-refractivity contribution >= 4 is 5.69 Å². The van der Waals surface area contributed by atoms with Gasteiger partial charge in [0.2, 0.25) is 0 Å². The summed E-state index contributed by atoms with van der Waals surface area (Å²) in [6, 6.07) is 6.31. The number of hydrogen-bond acceptors (Lipinski definition) is 2. The summed E-state index contributed by atoms with van der Waals surface area (Å²) in [4.78, 5) is 2.39. The molecule has 1 saturated heterocycles. The van der Waals surface area contributed by atoms with Gasteiger partial charge in [-0.25, -0.2) is 4.39 Å². The van der Waals surface area contributed by atoms with Crippen LogP contribution in [0.25, 0.3) is 0 Å². The lowest BCUT2D eigenvalue weighted by Gasteiger charge is -2.45. The molecule has 1 heterocycles. The van der Waals surface area contributed by atoms with Crippen LogP contribution in [0.2, 0.25) is 0 Å². The first kappa shape index (κ1) is 14.3. The first-order valence-corrected chi connectivity index (χ1v) is 7.05. The van der Waals surface area contributed by atoms with E-state index >= 15 is 0 Å². The molecule has 2 atom stereocenters. The quantitative estimate of drug-likeness (QED) is 0.837. The highest BCUT2D eigenvalue weighted by atomic mass is 19.1. The maximum atomic E-state index is 13.4. The smallest absolute Gasteiger partial charge is 0.126 e. The van der Waals surface area contributed by atoms with Gasteiger partial charge >= 0.3 is 0 Å². The molecule has 1 fully saturated rings. The van der Waals surface area contributed by atoms with E-state index in [-0.39, 0.29) is 11.2 Å². The number of nitrogens with one attached hydrogen (secondary N) is 1. The van der Waals surface area contributed by atoms with Gasteiger partial charge in [-0.05, 0) is 43.0 Å². The highest BCUT2D eigenvalue weighted by Crippen LogP contribution is 2.28. The predicted molar refractivity (Wildman–Crippen MR) is 79.2 cm³/mol. The molecule has 1 aromatic rings. The van der Waals surface area contributed by atoms with Gasteiger partial charge in [-0.15, -0.1) is 0 Å². The second-order valence-electron chi connectivity index (χ2n) is 6.76. The van der Waals surface area contributed by atoms with Gasteiger partial charge in [-0.2, -0.15) is 0 Å². The van der Waals surface area contributed by atoms with Crippen molar-refractivity contribution in [1.82, 2.24) is 5.32 Å². The minimum atomic E-state index is -0.126. The molecular weight excluding hydrogens is 239 g/mol. The molecular formula is C16H25FN2. The normalized spacial score (nSPS) is 24.6. The predicted octanol–water partition coefficient (Wildman–Crippen LogP) is 3.35. The molecule has 1 aliphatic heterocycles. The lowest BCUT2D eigenvalue weighted by Crippen LogP contribution is -2.59. The van der Waals surface area contributed by atoms with Crippen molar-refractivity contribution < 1.29 is 4.39 Å². The zero-order valence-electron chi connectivity index (χ0n) is 12.6. The Morgan fingerprint density at radius 2 is 2.00 bits per heavy atom. The lowest BCUT2D eigenvalue weighted by atomic mass is 9.84. The summed E-state index contributed by atoms with van der Waals surface area (Å²) in [7, 11) is 0. The van der Waals surface area contributed by atoms with Crippen LogP contribution in [0.5, 0.6) is 0 Å². The zero-order chi connectivity index (χ0) is 14.2. The summed E-state index contributed by atoms with van der Waals surface area (Å²) < 4.78 is 13.4. The zero-order valence-corrected chi connectivity index (χ0v) is 12.6. The summed E-state index contributed by atoms with van der Waals surface area (Å²) in [5.41, 5.74) is 2.07. The first-order valence-electron chi connectivity index (χ1n) is 7.05. The molecule has 106 valence electrons. The standard InChI is InChI=1S/C16H25FN2/c1-11-8-13(6-7-14(11)17)19-10-15(16(3,4)5)18-9-12(19)2/h6-8,12,15,18H,9-10H2,1-5H3. The van der Waals surface area contributed by atoms with Crippen molar-refractivity contribution in [3.8, 4) is 0 Å². The second kappa shape index (κ2) is 5.12. The average Bonchev–Trinajstić information content (AvgIpc) is 2.32. The molecule has 19 heavy (non-hydrogen) atoms. The van der Waals surface area contributed by atoms with Gasteiger partial charge in [0.15, 0.2) is 0 Å². The Balaban J connectivity index is 2.23. The second-order valence-corrected chi connectivity index (χ2v) is 6.76. The summed E-state index contributed by atoms with van der Waals surface area (Å²) in [5.74, 6) is -0.126. The van der Waals surface area contributed by atoms with E-state index in [4.69, 9.17) is 0 Å². The lowest BCUT2D eigenvalue weighted by molar-refractivity contribution is 0.239. The average molecular weight is 264 g/mol. The molecule has 0 radical (unpaired) electrons. The molecule has 2 unspecified atom stereocenters. The van der Waals surface area contributed by atoms with Crippen molar-refractivity contribution in [2.75, 3.05) is 18.0 Å². The number of nitrogens with zero attached hydrogens (tertiary/aromatic N) is 1. The van der Waals surface area contributed by atoms with Crippen molar-refractivity contribution in [2.24, 2.45) is 5.41 Å². The van der Waals surface area contributed by atoms with Crippen LogP contribution in [0.3, 0.4) is 0 Å². The number of aryl methyl sites for hydroxylation is 1. The Labute approximate surface area is 116 Å². The van der Waals surface area contributed by atoms with Crippen LogP contribution in [0.4, 0.5) is 10.1 Å². The monoisotopic (exact) mass is 264 g/mol. The van der Waals surface area contributed by atoms with Crippen molar-refractivity contribution in [2.45, 2.75) is 46.7 Å². The Bertz CT molecular complexity index is 451. The summed E-state index contributed by atoms with van der Waals surface area (Å²) in [5, 5.41) is 3.62. The molecule has 1 aromatic carbocycles. The summed E-state index contributed by atoms with van der Waals surface area (Å²) in [6.45, 7) is 12.8. The molecule has 0 amide bonds. The highest BCUT2D eigenvalue weighted by Gasteiger charge is 2.32. The van der Waals surface area contributed by atoms with E-state index in [0.29, 0.717) is 12.1 Å². The largest absolute Gasteiger partial charge is 0.366 e. The van der Waals surface area contributed by atoms with E-state index in [1.54, 1.807) is 6.07 Å². The van der Waals surface area contributed by atoms with Gasteiger partial charge in [0.1, 0.15) is 5.82 Å². The number of halogens is 1. The fourth-order valence-corrected chi connectivity index (χ4v) is 2.61. The maximum Gasteiger partial charge on any atom is 0.126 e. The van der Waals surface area contributed by atoms with Crippen LogP contribution >= 0.6 is 0 Å². The Kier molecular flexibility index (Phi) is 3.86. The van der Waals surface area contributed by atoms with Gasteiger partial charge in [0.05, 0.1) is 0 Å². The minimum absolute atomic E-state index is 0.126. The van der Waals surface area contributed by atoms with Crippen LogP contribution in [0.15, 0.2) is 18.2 Å². The van der Waals surface area contributed by atoms with E-state index in [0.717, 1.165) is 24.3 Å². The van der Waals surface area contributed by atoms with Crippen LogP contribution in [0, 0.1) is 18.2 Å². The molecule has 2 rings (SSSR count). The first-order chi connectivity index (χ1) is 8.79. The Morgan fingerprint density at radius 1 is 1.32 bits per heavy atom. The number of rotatable bonds is 1. The Hall–Kier alpha value is -1.09. The van der Waals surface area contributed by atoms with Crippen LogP contribution in [-0.4, -0.2) is 25.2 Å². The van der Waals surface area contributed by atoms with Gasteiger partial charge < -0.3 is 10.2 Å². The molecule has 0 bridgehead atoms. The molecule has 2 nitrogen and oxygen atoms in total. The number of anilines is 1. The number of piperazine rings is 1. The SMILES string of the molecule is Cc1cc(N2CC(C(C)(C)C)NCC2C)ccc1F. The van der Waals surface area contributed by atoms with Crippen molar-refractivity contribution in [3.63, 3.8) is 0 Å². The molecule has 0 saturated carbocycles. The third-order valence-electron chi connectivity index (χ3n) is 4.09. The van der Waals surface area contributed by atoms with E-state index in [2.05, 4.69) is 37.9 Å². The highest BCUT2D eigenvalue weighted by molar-refractivity contribution is 5.50. The fraction of sp³-hybridized carbons (Fsp3) is 0.625. The molecule has 1 aliphatic rings. The van der Waals surface area contributed by atoms with Crippen molar-refractivity contribution in [1.29, 1.82) is 0 Å². The molecule has 0 aromatic heterocycles. The third kappa shape index (κ3) is 3.08. The van der Waals surface area contributed by atoms with E-state index < -0.39 is 0 Å². The third-order valence-corrected chi connectivity index (χ3v) is 4.09. The summed E-state index contributed by atoms with van der Waals surface area (Å²) in [6.07, 6.45) is 0. The molecule has 0 aliphatic carbocycles. The Morgan fingerprint density at radius 3 is 2.58 bits per heavy atom. The molecule has 3 heteroatoms. The topological polar surface area (TPSA) is 15.3 Å². The van der Waals surface area contributed by atoms with E-state index in [1.807, 2.05) is 19.1 Å².